The molecule has 0 radical (unpaired) electrons. The van der Waals surface area contributed by atoms with E-state index in [-0.39, 0.29) is 11.7 Å². The minimum atomic E-state index is -0.187. The van der Waals surface area contributed by atoms with Gasteiger partial charge >= 0.3 is 5.88 Å². The molecule has 0 spiro atoms. The summed E-state index contributed by atoms with van der Waals surface area (Å²) in [5.41, 5.74) is 3.85. The summed E-state index contributed by atoms with van der Waals surface area (Å²) < 4.78 is 6.67. The smallest absolute Gasteiger partial charge is 0.302 e. The summed E-state index contributed by atoms with van der Waals surface area (Å²) >= 11 is 1.34. The SMILES string of the molecule is CC[n+]1cc(NC(=O)CSc2nc(-c3ccccc3)c(-c3ccccc3)[nH]2)on1. The molecule has 0 aliphatic heterocycles. The number of aryl methyl sites for hydroxylation is 1. The van der Waals surface area contributed by atoms with Gasteiger partial charge in [0.2, 0.25) is 11.2 Å². The van der Waals surface area contributed by atoms with Crippen LogP contribution in [0.2, 0.25) is 0 Å². The van der Waals surface area contributed by atoms with Crippen molar-refractivity contribution in [2.45, 2.75) is 18.6 Å². The molecule has 146 valence electrons. The molecule has 0 saturated heterocycles. The summed E-state index contributed by atoms with van der Waals surface area (Å²) in [6.07, 6.45) is 1.65. The van der Waals surface area contributed by atoms with Crippen LogP contribution in [0.25, 0.3) is 22.5 Å². The van der Waals surface area contributed by atoms with Crippen molar-refractivity contribution in [2.75, 3.05) is 11.1 Å². The summed E-state index contributed by atoms with van der Waals surface area (Å²) in [5.74, 6) is 0.336. The number of anilines is 1. The first-order valence-electron chi connectivity index (χ1n) is 9.23. The third kappa shape index (κ3) is 4.55. The van der Waals surface area contributed by atoms with E-state index >= 15 is 0 Å². The highest BCUT2D eigenvalue weighted by Crippen LogP contribution is 2.32. The lowest BCUT2D eigenvalue weighted by molar-refractivity contribution is -0.759. The highest BCUT2D eigenvalue weighted by atomic mass is 32.2. The molecule has 4 aromatic rings. The molecule has 0 fully saturated rings. The number of amides is 1. The fourth-order valence-electron chi connectivity index (χ4n) is 2.83. The van der Waals surface area contributed by atoms with Gasteiger partial charge in [-0.05, 0) is 6.92 Å². The van der Waals surface area contributed by atoms with Gasteiger partial charge in [0.1, 0.15) is 0 Å². The van der Waals surface area contributed by atoms with Gasteiger partial charge < -0.3 is 4.98 Å². The Hall–Kier alpha value is -3.39. The molecule has 2 aromatic heterocycles. The van der Waals surface area contributed by atoms with Gasteiger partial charge in [0.05, 0.1) is 17.1 Å². The Balaban J connectivity index is 1.52. The summed E-state index contributed by atoms with van der Waals surface area (Å²) in [7, 11) is 0. The Morgan fingerprint density at radius 2 is 1.79 bits per heavy atom. The molecule has 1 amide bonds. The molecule has 7 nitrogen and oxygen atoms in total. The molecule has 29 heavy (non-hydrogen) atoms. The quantitative estimate of drug-likeness (QED) is 0.360. The lowest BCUT2D eigenvalue weighted by Gasteiger charge is -2.02. The Morgan fingerprint density at radius 3 is 2.45 bits per heavy atom. The number of imidazole rings is 1. The molecule has 0 unspecified atom stereocenters. The number of hydrogen-bond acceptors (Lipinski definition) is 5. The van der Waals surface area contributed by atoms with Crippen LogP contribution in [-0.2, 0) is 11.3 Å². The summed E-state index contributed by atoms with van der Waals surface area (Å²) in [6.45, 7) is 2.61. The minimum absolute atomic E-state index is 0.187. The molecule has 0 saturated carbocycles. The Morgan fingerprint density at radius 1 is 1.10 bits per heavy atom. The van der Waals surface area contributed by atoms with Gasteiger partial charge in [-0.15, -0.1) is 0 Å². The lowest BCUT2D eigenvalue weighted by Crippen LogP contribution is -2.32. The van der Waals surface area contributed by atoms with E-state index in [4.69, 9.17) is 9.51 Å². The molecule has 2 heterocycles. The minimum Gasteiger partial charge on any atom is -0.332 e. The van der Waals surface area contributed by atoms with Crippen LogP contribution in [0.1, 0.15) is 6.92 Å². The molecule has 0 bridgehead atoms. The Bertz CT molecular complexity index is 1040. The fraction of sp³-hybridized carbons (Fsp3) is 0.143. The third-order valence-electron chi connectivity index (χ3n) is 4.23. The molecule has 0 atom stereocenters. The average molecular weight is 406 g/mol. The highest BCUT2D eigenvalue weighted by Gasteiger charge is 2.16. The van der Waals surface area contributed by atoms with Crippen LogP contribution in [0.5, 0.6) is 0 Å². The van der Waals surface area contributed by atoms with E-state index in [0.717, 1.165) is 22.5 Å². The zero-order valence-corrected chi connectivity index (χ0v) is 16.6. The van der Waals surface area contributed by atoms with Gasteiger partial charge in [-0.2, -0.15) is 0 Å². The van der Waals surface area contributed by atoms with Crippen LogP contribution >= 0.6 is 11.8 Å². The van der Waals surface area contributed by atoms with E-state index in [9.17, 15) is 4.79 Å². The topological polar surface area (TPSA) is 87.7 Å². The maximum absolute atomic E-state index is 12.2. The third-order valence-corrected chi connectivity index (χ3v) is 5.10. The maximum Gasteiger partial charge on any atom is 0.302 e. The maximum atomic E-state index is 12.2. The number of aromatic amines is 1. The molecular weight excluding hydrogens is 386 g/mol. The Kier molecular flexibility index (Phi) is 5.71. The van der Waals surface area contributed by atoms with Crippen LogP contribution in [-0.4, -0.2) is 26.9 Å². The number of benzene rings is 2. The normalized spacial score (nSPS) is 10.8. The van der Waals surface area contributed by atoms with E-state index in [2.05, 4.69) is 15.6 Å². The molecule has 2 N–H and O–H groups in total. The molecule has 0 aliphatic rings. The van der Waals surface area contributed by atoms with E-state index in [1.54, 1.807) is 10.9 Å². The second kappa shape index (κ2) is 8.74. The van der Waals surface area contributed by atoms with E-state index in [1.165, 1.54) is 11.8 Å². The van der Waals surface area contributed by atoms with Crippen molar-refractivity contribution in [3.8, 4) is 22.5 Å². The Labute approximate surface area is 172 Å². The van der Waals surface area contributed by atoms with Crippen molar-refractivity contribution >= 4 is 23.6 Å². The number of aromatic nitrogens is 4. The van der Waals surface area contributed by atoms with Gasteiger partial charge in [0.15, 0.2) is 11.7 Å². The molecule has 4 rings (SSSR count). The standard InChI is InChI=1S/C21H19N5O2S/c1-2-26-13-18(28-25-26)22-17(27)14-29-21-23-19(15-9-5-3-6-10-15)20(24-21)16-11-7-4-8-12-16/h3-13H,2,14H2,1H3,(H-,22,23,24,25,27)/p+1. The fourth-order valence-corrected chi connectivity index (χ4v) is 3.50. The van der Waals surface area contributed by atoms with Crippen molar-refractivity contribution in [1.82, 2.24) is 15.2 Å². The zero-order chi connectivity index (χ0) is 20.1. The second-order valence-corrected chi connectivity index (χ2v) is 7.22. The summed E-state index contributed by atoms with van der Waals surface area (Å²) in [4.78, 5) is 20.3. The second-order valence-electron chi connectivity index (χ2n) is 6.26. The summed E-state index contributed by atoms with van der Waals surface area (Å²) in [5, 5.41) is 7.17. The number of carbonyl (C=O) groups excluding carboxylic acids is 1. The van der Waals surface area contributed by atoms with Crippen LogP contribution in [0.3, 0.4) is 0 Å². The molecule has 2 aromatic carbocycles. The number of hydrogen-bond donors (Lipinski definition) is 2. The van der Waals surface area contributed by atoms with E-state index in [1.807, 2.05) is 67.6 Å². The van der Waals surface area contributed by atoms with Gasteiger partial charge in [-0.3, -0.25) is 14.6 Å². The number of rotatable bonds is 7. The first kappa shape index (κ1) is 18.9. The van der Waals surface area contributed by atoms with Gasteiger partial charge in [-0.25, -0.2) is 4.98 Å². The monoisotopic (exact) mass is 406 g/mol. The predicted molar refractivity (Wildman–Crippen MR) is 111 cm³/mol. The number of nitrogens with one attached hydrogen (secondary N) is 2. The number of carbonyl (C=O) groups is 1. The predicted octanol–water partition coefficient (Wildman–Crippen LogP) is 3.77. The van der Waals surface area contributed by atoms with Crippen molar-refractivity contribution in [1.29, 1.82) is 0 Å². The van der Waals surface area contributed by atoms with Crippen molar-refractivity contribution in [3.63, 3.8) is 0 Å². The molecule has 8 heteroatoms. The van der Waals surface area contributed by atoms with Crippen molar-refractivity contribution in [2.24, 2.45) is 0 Å². The number of H-pyrrole nitrogens is 1. The number of nitrogens with zero attached hydrogens (tertiary/aromatic N) is 3. The van der Waals surface area contributed by atoms with Crippen LogP contribution in [0.15, 0.2) is 76.5 Å². The lowest BCUT2D eigenvalue weighted by atomic mass is 10.1. The van der Waals surface area contributed by atoms with E-state index in [0.29, 0.717) is 17.6 Å². The van der Waals surface area contributed by atoms with Crippen molar-refractivity contribution in [3.05, 3.63) is 66.9 Å². The van der Waals surface area contributed by atoms with Crippen LogP contribution < -0.4 is 10.00 Å². The zero-order valence-electron chi connectivity index (χ0n) is 15.8. The van der Waals surface area contributed by atoms with Gasteiger partial charge in [-0.1, -0.05) is 77.1 Å². The molecule has 0 aliphatic carbocycles. The molecular formula is C21H20N5O2S+. The van der Waals surface area contributed by atoms with Gasteiger partial charge in [0.25, 0.3) is 6.20 Å². The largest absolute Gasteiger partial charge is 0.332 e. The van der Waals surface area contributed by atoms with Gasteiger partial charge in [0, 0.05) is 11.1 Å². The first-order valence-corrected chi connectivity index (χ1v) is 10.2. The van der Waals surface area contributed by atoms with Crippen molar-refractivity contribution < 1.29 is 14.0 Å². The van der Waals surface area contributed by atoms with Crippen LogP contribution in [0, 0.1) is 0 Å². The number of thioether (sulfide) groups is 1. The van der Waals surface area contributed by atoms with Crippen LogP contribution in [0.4, 0.5) is 5.88 Å². The first-order chi connectivity index (χ1) is 14.2. The van der Waals surface area contributed by atoms with E-state index < -0.39 is 0 Å². The summed E-state index contributed by atoms with van der Waals surface area (Å²) in [6, 6.07) is 20.0. The average Bonchev–Trinajstić information content (AvgIpc) is 3.40. The highest BCUT2D eigenvalue weighted by molar-refractivity contribution is 7.99.